The van der Waals surface area contributed by atoms with Crippen molar-refractivity contribution in [3.05, 3.63) is 199 Å². The second-order valence-electron chi connectivity index (χ2n) is 19.0. The van der Waals surface area contributed by atoms with E-state index in [1.54, 1.807) is 0 Å². The van der Waals surface area contributed by atoms with Crippen molar-refractivity contribution in [1.82, 2.24) is 24.1 Å². The van der Waals surface area contributed by atoms with Crippen molar-refractivity contribution in [3.63, 3.8) is 0 Å². The molecule has 5 nitrogen and oxygen atoms in total. The quantitative estimate of drug-likeness (QED) is 0.168. The average molecular weight is 828 g/mol. The lowest BCUT2D eigenvalue weighted by Gasteiger charge is -2.20. The molecule has 0 amide bonds. The van der Waals surface area contributed by atoms with E-state index in [0.29, 0.717) is 17.5 Å². The van der Waals surface area contributed by atoms with Gasteiger partial charge in [0.15, 0.2) is 17.5 Å². The Labute approximate surface area is 374 Å². The maximum Gasteiger partial charge on any atom is 0.166 e. The summed E-state index contributed by atoms with van der Waals surface area (Å²) in [6, 6.07) is 67.5. The van der Waals surface area contributed by atoms with E-state index in [0.717, 1.165) is 50.2 Å². The van der Waals surface area contributed by atoms with Gasteiger partial charge in [0.05, 0.1) is 33.4 Å². The van der Waals surface area contributed by atoms with Crippen molar-refractivity contribution in [2.45, 2.75) is 52.4 Å². The number of hydrogen-bond acceptors (Lipinski definition) is 3. The number of hydrogen-bond donors (Lipinski definition) is 0. The Hall–Kier alpha value is -7.63. The van der Waals surface area contributed by atoms with Crippen molar-refractivity contribution in [2.75, 3.05) is 0 Å². The SMILES string of the molecule is CC(C)(C)c1ccc2c(c1)c1ccccc1n2-c1ccccc1-c1ccc(-n2c3ccccc3c3cc(C(C)(C)C)ccc32)c(-c2nc(-c3ccccc3)nc(-c3ccccc3)n2)c1. The molecule has 0 fully saturated rings. The van der Waals surface area contributed by atoms with Crippen LogP contribution in [0.3, 0.4) is 0 Å². The van der Waals surface area contributed by atoms with E-state index in [9.17, 15) is 0 Å². The first-order chi connectivity index (χ1) is 31.0. The Morgan fingerprint density at radius 1 is 0.312 bits per heavy atom. The van der Waals surface area contributed by atoms with Gasteiger partial charge in [-0.25, -0.2) is 15.0 Å². The van der Waals surface area contributed by atoms with Gasteiger partial charge in [-0.2, -0.15) is 0 Å². The van der Waals surface area contributed by atoms with Crippen molar-refractivity contribution >= 4 is 43.6 Å². The molecule has 0 atom stereocenters. The molecule has 11 rings (SSSR count). The average Bonchev–Trinajstić information content (AvgIpc) is 3.83. The molecule has 0 saturated carbocycles. The summed E-state index contributed by atoms with van der Waals surface area (Å²) in [4.78, 5) is 15.8. The van der Waals surface area contributed by atoms with Crippen LogP contribution < -0.4 is 0 Å². The Kier molecular flexibility index (Phi) is 9.21. The van der Waals surface area contributed by atoms with Gasteiger partial charge in [0, 0.05) is 43.8 Å². The van der Waals surface area contributed by atoms with Crippen molar-refractivity contribution in [1.29, 1.82) is 0 Å². The summed E-state index contributed by atoms with van der Waals surface area (Å²) in [5, 5.41) is 4.91. The molecule has 0 N–H and O–H groups in total. The molecule has 0 unspecified atom stereocenters. The first-order valence-corrected chi connectivity index (χ1v) is 22.2. The first kappa shape index (κ1) is 39.2. The molecular formula is C59H49N5. The predicted octanol–water partition coefficient (Wildman–Crippen LogP) is 15.3. The van der Waals surface area contributed by atoms with Gasteiger partial charge in [-0.3, -0.25) is 0 Å². The summed E-state index contributed by atoms with van der Waals surface area (Å²) in [6.45, 7) is 13.7. The van der Waals surface area contributed by atoms with Gasteiger partial charge in [0.2, 0.25) is 0 Å². The molecule has 0 radical (unpaired) electrons. The van der Waals surface area contributed by atoms with Gasteiger partial charge in [-0.1, -0.05) is 175 Å². The molecule has 0 saturated heterocycles. The predicted molar refractivity (Wildman–Crippen MR) is 268 cm³/mol. The van der Waals surface area contributed by atoms with Crippen LogP contribution >= 0.6 is 0 Å². The number of aromatic nitrogens is 5. The van der Waals surface area contributed by atoms with Gasteiger partial charge < -0.3 is 9.13 Å². The zero-order chi connectivity index (χ0) is 43.7. The maximum atomic E-state index is 5.35. The second kappa shape index (κ2) is 15.0. The molecule has 310 valence electrons. The number of nitrogens with zero attached hydrogens (tertiary/aromatic N) is 5. The lowest BCUT2D eigenvalue weighted by atomic mass is 9.86. The molecule has 0 bridgehead atoms. The van der Waals surface area contributed by atoms with Gasteiger partial charge in [0.1, 0.15) is 0 Å². The third kappa shape index (κ3) is 6.67. The van der Waals surface area contributed by atoms with Crippen LogP contribution in [-0.4, -0.2) is 24.1 Å². The van der Waals surface area contributed by atoms with Crippen LogP contribution in [0.5, 0.6) is 0 Å². The molecule has 0 spiro atoms. The van der Waals surface area contributed by atoms with E-state index in [2.05, 4.69) is 202 Å². The van der Waals surface area contributed by atoms with E-state index in [1.807, 2.05) is 36.4 Å². The van der Waals surface area contributed by atoms with Gasteiger partial charge in [-0.15, -0.1) is 0 Å². The fraction of sp³-hybridized carbons (Fsp3) is 0.136. The molecule has 3 heterocycles. The summed E-state index contributed by atoms with van der Waals surface area (Å²) < 4.78 is 4.83. The largest absolute Gasteiger partial charge is 0.309 e. The molecule has 5 heteroatoms. The number of para-hydroxylation sites is 3. The van der Waals surface area contributed by atoms with E-state index in [1.165, 1.54) is 43.7 Å². The van der Waals surface area contributed by atoms with Gasteiger partial charge in [0.25, 0.3) is 0 Å². The van der Waals surface area contributed by atoms with Crippen LogP contribution in [-0.2, 0) is 10.8 Å². The topological polar surface area (TPSA) is 48.5 Å². The highest BCUT2D eigenvalue weighted by atomic mass is 15.1. The summed E-state index contributed by atoms with van der Waals surface area (Å²) >= 11 is 0. The summed E-state index contributed by atoms with van der Waals surface area (Å²) in [7, 11) is 0. The van der Waals surface area contributed by atoms with Crippen LogP contribution in [0.25, 0.3) is 100 Å². The van der Waals surface area contributed by atoms with E-state index in [-0.39, 0.29) is 10.8 Å². The zero-order valence-electron chi connectivity index (χ0n) is 37.1. The maximum absolute atomic E-state index is 5.35. The Balaban J connectivity index is 1.21. The van der Waals surface area contributed by atoms with Crippen molar-refractivity contribution < 1.29 is 0 Å². The van der Waals surface area contributed by atoms with E-state index >= 15 is 0 Å². The summed E-state index contributed by atoms with van der Waals surface area (Å²) in [5.74, 6) is 1.85. The Morgan fingerprint density at radius 3 is 1.25 bits per heavy atom. The third-order valence-corrected chi connectivity index (χ3v) is 12.7. The van der Waals surface area contributed by atoms with Crippen molar-refractivity contribution in [2.24, 2.45) is 0 Å². The standard InChI is InChI=1S/C59H49N5/c1-58(2,3)41-30-33-52-46(36-41)44-24-14-17-27-50(44)63(52)49-26-16-13-23-43(49)40-29-32-54(64-51-28-18-15-25-45(51)47-37-42(59(4,5)6)31-34-53(47)64)48(35-40)57-61-55(38-19-9-7-10-20-38)60-56(62-57)39-21-11-8-12-22-39/h7-37H,1-6H3. The fourth-order valence-electron chi connectivity index (χ4n) is 9.32. The Bertz CT molecular complexity index is 3510. The lowest BCUT2D eigenvalue weighted by molar-refractivity contribution is 0.591. The molecule has 11 aromatic rings. The van der Waals surface area contributed by atoms with Crippen LogP contribution in [0.15, 0.2) is 188 Å². The van der Waals surface area contributed by atoms with E-state index < -0.39 is 0 Å². The van der Waals surface area contributed by atoms with Crippen molar-refractivity contribution in [3.8, 4) is 56.7 Å². The molecule has 3 aromatic heterocycles. The minimum atomic E-state index is -0.00456. The summed E-state index contributed by atoms with van der Waals surface area (Å²) in [6.07, 6.45) is 0. The minimum absolute atomic E-state index is 0.00456. The van der Waals surface area contributed by atoms with Crippen LogP contribution in [0.4, 0.5) is 0 Å². The molecule has 0 aliphatic heterocycles. The minimum Gasteiger partial charge on any atom is -0.309 e. The Morgan fingerprint density at radius 2 is 0.734 bits per heavy atom. The second-order valence-corrected chi connectivity index (χ2v) is 19.0. The zero-order valence-corrected chi connectivity index (χ0v) is 37.1. The third-order valence-electron chi connectivity index (χ3n) is 12.7. The highest BCUT2D eigenvalue weighted by molar-refractivity contribution is 6.11. The molecule has 0 aliphatic carbocycles. The van der Waals surface area contributed by atoms with Gasteiger partial charge >= 0.3 is 0 Å². The van der Waals surface area contributed by atoms with Crippen LogP contribution in [0.1, 0.15) is 52.7 Å². The number of fused-ring (bicyclic) bond motifs is 6. The number of benzene rings is 8. The lowest BCUT2D eigenvalue weighted by Crippen LogP contribution is -2.10. The smallest absolute Gasteiger partial charge is 0.166 e. The summed E-state index contributed by atoms with van der Waals surface area (Å²) in [5.41, 5.74) is 14.3. The molecular weight excluding hydrogens is 779 g/mol. The number of rotatable bonds is 6. The normalized spacial score (nSPS) is 12.2. The van der Waals surface area contributed by atoms with E-state index in [4.69, 9.17) is 15.0 Å². The van der Waals surface area contributed by atoms with Crippen LogP contribution in [0, 0.1) is 0 Å². The molecule has 0 aliphatic rings. The highest BCUT2D eigenvalue weighted by Crippen LogP contribution is 2.42. The molecule has 64 heavy (non-hydrogen) atoms. The highest BCUT2D eigenvalue weighted by Gasteiger charge is 2.24. The molecule has 8 aromatic carbocycles. The van der Waals surface area contributed by atoms with Gasteiger partial charge in [-0.05, 0) is 82.1 Å². The first-order valence-electron chi connectivity index (χ1n) is 22.2. The van der Waals surface area contributed by atoms with Crippen LogP contribution in [0.2, 0.25) is 0 Å². The fourth-order valence-corrected chi connectivity index (χ4v) is 9.32. The monoisotopic (exact) mass is 827 g/mol.